The lowest BCUT2D eigenvalue weighted by Gasteiger charge is -2.05. The van der Waals surface area contributed by atoms with Crippen molar-refractivity contribution >= 4 is 5.69 Å². The molecule has 2 rings (SSSR count). The lowest BCUT2D eigenvalue weighted by atomic mass is 10.3. The molecule has 0 bridgehead atoms. The molecule has 0 saturated heterocycles. The maximum Gasteiger partial charge on any atom is 0.109 e. The van der Waals surface area contributed by atoms with Crippen LogP contribution in [-0.2, 0) is 20.1 Å². The molecule has 0 aliphatic carbocycles. The number of hydrogen-bond acceptors (Lipinski definition) is 3. The third-order valence-electron chi connectivity index (χ3n) is 2.68. The average molecular weight is 237 g/mol. The van der Waals surface area contributed by atoms with Crippen LogP contribution in [0.2, 0.25) is 0 Å². The topological polar surface area (TPSA) is 47.7 Å². The van der Waals surface area contributed by atoms with Crippen molar-refractivity contribution in [2.45, 2.75) is 20.0 Å². The second-order valence-electron chi connectivity index (χ2n) is 3.93. The Morgan fingerprint density at radius 2 is 2.18 bits per heavy atom. The van der Waals surface area contributed by atoms with Crippen LogP contribution >= 0.6 is 0 Å². The van der Waals surface area contributed by atoms with Crippen molar-refractivity contribution in [2.75, 3.05) is 12.0 Å². The third kappa shape index (κ3) is 2.64. The van der Waals surface area contributed by atoms with Gasteiger partial charge in [-0.3, -0.25) is 9.36 Å². The lowest BCUT2D eigenvalue weighted by Crippen LogP contribution is -2.06. The van der Waals surface area contributed by atoms with E-state index in [1.807, 2.05) is 24.9 Å². The molecule has 0 amide bonds. The second-order valence-corrected chi connectivity index (χ2v) is 3.93. The fourth-order valence-corrected chi connectivity index (χ4v) is 1.68. The highest BCUT2D eigenvalue weighted by atomic mass is 19.1. The Morgan fingerprint density at radius 3 is 2.82 bits per heavy atom. The predicted molar refractivity (Wildman–Crippen MR) is 63.5 cm³/mol. The van der Waals surface area contributed by atoms with E-state index in [2.05, 4.69) is 15.5 Å². The van der Waals surface area contributed by atoms with Gasteiger partial charge in [-0.1, -0.05) is 0 Å². The van der Waals surface area contributed by atoms with Crippen molar-refractivity contribution in [3.05, 3.63) is 29.8 Å². The zero-order chi connectivity index (χ0) is 12.3. The van der Waals surface area contributed by atoms with Gasteiger partial charge in [-0.2, -0.15) is 10.2 Å². The summed E-state index contributed by atoms with van der Waals surface area (Å²) < 4.78 is 15.5. The van der Waals surface area contributed by atoms with E-state index < -0.39 is 6.67 Å². The van der Waals surface area contributed by atoms with Gasteiger partial charge in [0.2, 0.25) is 0 Å². The summed E-state index contributed by atoms with van der Waals surface area (Å²) in [6, 6.07) is 0. The van der Waals surface area contributed by atoms with Crippen LogP contribution in [-0.4, -0.2) is 26.2 Å². The molecule has 92 valence electrons. The fraction of sp³-hybridized carbons (Fsp3) is 0.455. The first kappa shape index (κ1) is 11.6. The van der Waals surface area contributed by atoms with Crippen LogP contribution in [0.5, 0.6) is 0 Å². The molecule has 0 atom stereocenters. The summed E-state index contributed by atoms with van der Waals surface area (Å²) in [7, 11) is 1.91. The highest BCUT2D eigenvalue weighted by molar-refractivity contribution is 5.39. The van der Waals surface area contributed by atoms with Crippen LogP contribution in [0.4, 0.5) is 10.1 Å². The molecule has 0 aliphatic rings. The monoisotopic (exact) mass is 237 g/mol. The van der Waals surface area contributed by atoms with Gasteiger partial charge in [0, 0.05) is 13.2 Å². The maximum atomic E-state index is 12.1. The van der Waals surface area contributed by atoms with Crippen LogP contribution in [0.3, 0.4) is 0 Å². The van der Waals surface area contributed by atoms with Crippen LogP contribution in [0.25, 0.3) is 0 Å². The van der Waals surface area contributed by atoms with Crippen molar-refractivity contribution in [2.24, 2.45) is 7.05 Å². The standard InChI is InChI=1S/C11H16FN5/c1-9-5-14-16(2)11(9)7-13-10-6-15-17(8-10)4-3-12/h5-6,8,13H,3-4,7H2,1-2H3. The molecule has 6 heteroatoms. The number of nitrogens with zero attached hydrogens (tertiary/aromatic N) is 4. The van der Waals surface area contributed by atoms with Crippen molar-refractivity contribution in [1.82, 2.24) is 19.6 Å². The number of halogens is 1. The van der Waals surface area contributed by atoms with E-state index in [1.54, 1.807) is 17.1 Å². The molecule has 17 heavy (non-hydrogen) atoms. The van der Waals surface area contributed by atoms with E-state index in [0.717, 1.165) is 16.9 Å². The predicted octanol–water partition coefficient (Wildman–Crippen LogP) is 1.51. The van der Waals surface area contributed by atoms with E-state index in [1.165, 1.54) is 0 Å². The minimum absolute atomic E-state index is 0.298. The Balaban J connectivity index is 1.97. The van der Waals surface area contributed by atoms with E-state index in [9.17, 15) is 4.39 Å². The van der Waals surface area contributed by atoms with Gasteiger partial charge in [-0.05, 0) is 12.5 Å². The summed E-state index contributed by atoms with van der Waals surface area (Å²) in [5.74, 6) is 0. The number of alkyl halides is 1. The molecule has 0 aromatic carbocycles. The minimum atomic E-state index is -0.401. The average Bonchev–Trinajstić information content (AvgIpc) is 2.86. The van der Waals surface area contributed by atoms with E-state index in [0.29, 0.717) is 13.1 Å². The van der Waals surface area contributed by atoms with Gasteiger partial charge in [0.1, 0.15) is 6.67 Å². The van der Waals surface area contributed by atoms with Gasteiger partial charge in [0.05, 0.1) is 36.9 Å². The highest BCUT2D eigenvalue weighted by Gasteiger charge is 2.04. The normalized spacial score (nSPS) is 10.8. The van der Waals surface area contributed by atoms with Crippen molar-refractivity contribution in [3.8, 4) is 0 Å². The Kier molecular flexibility index (Phi) is 3.41. The zero-order valence-corrected chi connectivity index (χ0v) is 10.0. The number of rotatable bonds is 5. The number of aromatic nitrogens is 4. The van der Waals surface area contributed by atoms with E-state index in [-0.39, 0.29) is 0 Å². The van der Waals surface area contributed by atoms with Gasteiger partial charge in [0.25, 0.3) is 0 Å². The minimum Gasteiger partial charge on any atom is -0.377 e. The Hall–Kier alpha value is -1.85. The summed E-state index contributed by atoms with van der Waals surface area (Å²) >= 11 is 0. The SMILES string of the molecule is Cc1cnn(C)c1CNc1cnn(CCF)c1. The van der Waals surface area contributed by atoms with Crippen LogP contribution in [0.1, 0.15) is 11.3 Å². The van der Waals surface area contributed by atoms with Gasteiger partial charge in [0.15, 0.2) is 0 Å². The quantitative estimate of drug-likeness (QED) is 0.857. The molecular formula is C11H16FN5. The van der Waals surface area contributed by atoms with Gasteiger partial charge >= 0.3 is 0 Å². The Bertz CT molecular complexity index is 468. The fourth-order valence-electron chi connectivity index (χ4n) is 1.68. The Labute approximate surface area is 99.2 Å². The molecule has 0 unspecified atom stereocenters. The van der Waals surface area contributed by atoms with Crippen LogP contribution < -0.4 is 5.32 Å². The summed E-state index contributed by atoms with van der Waals surface area (Å²) in [5.41, 5.74) is 3.17. The molecule has 5 nitrogen and oxygen atoms in total. The highest BCUT2D eigenvalue weighted by Crippen LogP contribution is 2.10. The summed E-state index contributed by atoms with van der Waals surface area (Å²) in [4.78, 5) is 0. The lowest BCUT2D eigenvalue weighted by molar-refractivity contribution is 0.427. The third-order valence-corrected chi connectivity index (χ3v) is 2.68. The molecule has 2 aromatic heterocycles. The van der Waals surface area contributed by atoms with Crippen LogP contribution in [0.15, 0.2) is 18.6 Å². The molecule has 0 radical (unpaired) electrons. The largest absolute Gasteiger partial charge is 0.377 e. The van der Waals surface area contributed by atoms with Crippen molar-refractivity contribution in [3.63, 3.8) is 0 Å². The Morgan fingerprint density at radius 1 is 1.35 bits per heavy atom. The summed E-state index contributed by atoms with van der Waals surface area (Å²) in [6.07, 6.45) is 5.33. The van der Waals surface area contributed by atoms with Gasteiger partial charge < -0.3 is 5.32 Å². The number of hydrogen-bond donors (Lipinski definition) is 1. The smallest absolute Gasteiger partial charge is 0.109 e. The van der Waals surface area contributed by atoms with E-state index in [4.69, 9.17) is 0 Å². The molecule has 2 heterocycles. The number of aryl methyl sites for hydroxylation is 3. The van der Waals surface area contributed by atoms with Crippen molar-refractivity contribution in [1.29, 1.82) is 0 Å². The first-order valence-corrected chi connectivity index (χ1v) is 5.50. The number of nitrogens with one attached hydrogen (secondary N) is 1. The molecular weight excluding hydrogens is 221 g/mol. The van der Waals surface area contributed by atoms with Crippen LogP contribution in [0, 0.1) is 6.92 Å². The maximum absolute atomic E-state index is 12.1. The molecule has 0 fully saturated rings. The zero-order valence-electron chi connectivity index (χ0n) is 10.0. The van der Waals surface area contributed by atoms with Crippen molar-refractivity contribution < 1.29 is 4.39 Å². The molecule has 2 aromatic rings. The molecule has 0 aliphatic heterocycles. The molecule has 1 N–H and O–H groups in total. The first-order valence-electron chi connectivity index (χ1n) is 5.50. The second kappa shape index (κ2) is 4.99. The summed E-state index contributed by atoms with van der Waals surface area (Å²) in [5, 5.41) is 11.5. The summed E-state index contributed by atoms with van der Waals surface area (Å²) in [6.45, 7) is 2.61. The first-order chi connectivity index (χ1) is 8.20. The number of anilines is 1. The van der Waals surface area contributed by atoms with Gasteiger partial charge in [-0.25, -0.2) is 4.39 Å². The van der Waals surface area contributed by atoms with E-state index >= 15 is 0 Å². The molecule has 0 spiro atoms. The van der Waals surface area contributed by atoms with Gasteiger partial charge in [-0.15, -0.1) is 0 Å². The molecule has 0 saturated carbocycles.